The molecule has 0 aromatic rings. The van der Waals surface area contributed by atoms with Gasteiger partial charge in [0.05, 0.1) is 20.1 Å². The highest BCUT2D eigenvalue weighted by Gasteiger charge is 2.33. The Kier molecular flexibility index (Phi) is 3.66. The molecule has 5 heteroatoms. The Hall–Kier alpha value is -1.10. The van der Waals surface area contributed by atoms with Gasteiger partial charge < -0.3 is 9.80 Å². The number of hydrogen-bond donors (Lipinski definition) is 0. The summed E-state index contributed by atoms with van der Waals surface area (Å²) in [7, 11) is 1.87. The lowest BCUT2D eigenvalue weighted by Crippen LogP contribution is -2.59. The van der Waals surface area contributed by atoms with Gasteiger partial charge in [-0.15, -0.1) is 0 Å². The smallest absolute Gasteiger partial charge is 0.325 e. The van der Waals surface area contributed by atoms with Gasteiger partial charge in [0.2, 0.25) is 0 Å². The molecule has 2 saturated heterocycles. The molecule has 0 saturated carbocycles. The van der Waals surface area contributed by atoms with Crippen LogP contribution in [0.5, 0.6) is 0 Å². The molecule has 0 aliphatic carbocycles. The summed E-state index contributed by atoms with van der Waals surface area (Å²) in [5.74, 6) is 0. The van der Waals surface area contributed by atoms with Gasteiger partial charge in [-0.3, -0.25) is 0 Å². The van der Waals surface area contributed by atoms with Crippen LogP contribution in [0.25, 0.3) is 0 Å². The summed E-state index contributed by atoms with van der Waals surface area (Å²) in [6.07, 6.45) is 5.53. The van der Waals surface area contributed by atoms with E-state index in [9.17, 15) is 9.59 Å². The van der Waals surface area contributed by atoms with Gasteiger partial charge in [0.25, 0.3) is 0 Å². The topological polar surface area (TPSA) is 40.6 Å². The molecule has 2 aliphatic rings. The zero-order valence-corrected chi connectivity index (χ0v) is 10.5. The van der Waals surface area contributed by atoms with Crippen LogP contribution in [0.1, 0.15) is 19.3 Å². The van der Waals surface area contributed by atoms with Crippen LogP contribution in [-0.4, -0.2) is 73.0 Å². The molecule has 0 aromatic carbocycles. The summed E-state index contributed by atoms with van der Waals surface area (Å²) in [6, 6.07) is 0.154. The van der Waals surface area contributed by atoms with Crippen molar-refractivity contribution in [3.05, 3.63) is 0 Å². The fourth-order valence-electron chi connectivity index (χ4n) is 2.47. The van der Waals surface area contributed by atoms with Crippen molar-refractivity contribution in [1.82, 2.24) is 9.80 Å². The quantitative estimate of drug-likeness (QED) is 0.622. The monoisotopic (exact) mass is 239 g/mol. The van der Waals surface area contributed by atoms with Gasteiger partial charge >= 0.3 is 12.4 Å². The summed E-state index contributed by atoms with van der Waals surface area (Å²) in [6.45, 7) is 4.48. The van der Waals surface area contributed by atoms with Crippen molar-refractivity contribution in [2.75, 3.05) is 46.3 Å². The molecule has 2 fully saturated rings. The maximum Gasteiger partial charge on any atom is 0.442 e. The second-order valence-corrected chi connectivity index (χ2v) is 5.25. The molecule has 2 rings (SSSR count). The molecule has 2 aliphatic heterocycles. The first-order valence-electron chi connectivity index (χ1n) is 6.42. The molecule has 0 spiro atoms. The van der Waals surface area contributed by atoms with E-state index in [0.717, 1.165) is 25.9 Å². The molecule has 5 nitrogen and oxygen atoms in total. The summed E-state index contributed by atoms with van der Waals surface area (Å²) in [5.41, 5.74) is 0. The second-order valence-electron chi connectivity index (χ2n) is 5.25. The minimum Gasteiger partial charge on any atom is -0.325 e. The molecule has 0 N–H and O–H groups in total. The Bertz CT molecular complexity index is 292. The fraction of sp³-hybridized carbons (Fsp3) is 0.833. The maximum atomic E-state index is 12.2. The van der Waals surface area contributed by atoms with E-state index in [1.54, 1.807) is 0 Å². The second kappa shape index (κ2) is 5.04. The van der Waals surface area contributed by atoms with E-state index < -0.39 is 0 Å². The lowest BCUT2D eigenvalue weighted by atomic mass is 10.1. The zero-order chi connectivity index (χ0) is 12.3. The van der Waals surface area contributed by atoms with E-state index in [-0.39, 0.29) is 6.03 Å². The number of amides is 3. The van der Waals surface area contributed by atoms with E-state index in [0.29, 0.717) is 30.7 Å². The van der Waals surface area contributed by atoms with Crippen LogP contribution in [0.4, 0.5) is 4.79 Å². The average Bonchev–Trinajstić information content (AvgIpc) is 2.40. The minimum atomic E-state index is 0.154. The van der Waals surface area contributed by atoms with Crippen molar-refractivity contribution in [1.29, 1.82) is 0 Å². The van der Waals surface area contributed by atoms with E-state index in [1.165, 1.54) is 6.42 Å². The first kappa shape index (κ1) is 12.4. The third kappa shape index (κ3) is 2.77. The van der Waals surface area contributed by atoms with E-state index in [4.69, 9.17) is 0 Å². The van der Waals surface area contributed by atoms with Crippen LogP contribution in [0.15, 0.2) is 0 Å². The summed E-state index contributed by atoms with van der Waals surface area (Å²) < 4.78 is 0.309. The standard InChI is InChI=1S/C12H21N3O2/c1-15(11-16)9-7-14(8-10-15)12(17)13-5-3-2-4-6-13/h2-10H2,1H3/q+1. The Morgan fingerprint density at radius 2 is 1.53 bits per heavy atom. The number of piperidine rings is 1. The molecule has 3 amide bonds. The number of likely N-dealkylation sites (tertiary alicyclic amines) is 1. The van der Waals surface area contributed by atoms with Crippen molar-refractivity contribution in [2.24, 2.45) is 0 Å². The Morgan fingerprint density at radius 3 is 2.06 bits per heavy atom. The molecule has 0 aromatic heterocycles. The lowest BCUT2D eigenvalue weighted by Gasteiger charge is -2.39. The van der Waals surface area contributed by atoms with Crippen LogP contribution in [0.2, 0.25) is 0 Å². The van der Waals surface area contributed by atoms with Crippen LogP contribution < -0.4 is 0 Å². The van der Waals surface area contributed by atoms with Crippen molar-refractivity contribution in [2.45, 2.75) is 19.3 Å². The van der Waals surface area contributed by atoms with Crippen LogP contribution in [-0.2, 0) is 4.79 Å². The first-order valence-corrected chi connectivity index (χ1v) is 6.42. The largest absolute Gasteiger partial charge is 0.442 e. The summed E-state index contributed by atoms with van der Waals surface area (Å²) >= 11 is 0. The van der Waals surface area contributed by atoms with Crippen molar-refractivity contribution < 1.29 is 14.1 Å². The number of likely N-dealkylation sites (N-methyl/N-ethyl adjacent to an activating group) is 1. The van der Waals surface area contributed by atoms with Gasteiger partial charge in [-0.05, 0) is 19.3 Å². The fourth-order valence-corrected chi connectivity index (χ4v) is 2.47. The predicted molar refractivity (Wildman–Crippen MR) is 64.0 cm³/mol. The normalized spacial score (nSPS) is 24.5. The SMILES string of the molecule is C[N+]1([C]=O)CCN(C(=O)N2CCCCC2)CC1. The third-order valence-corrected chi connectivity index (χ3v) is 3.84. The third-order valence-electron chi connectivity index (χ3n) is 3.84. The number of carbonyl (C=O) groups excluding carboxylic acids is 2. The highest BCUT2D eigenvalue weighted by molar-refractivity contribution is 5.74. The predicted octanol–water partition coefficient (Wildman–Crippen LogP) is 0.422. The van der Waals surface area contributed by atoms with Gasteiger partial charge in [0, 0.05) is 13.1 Å². The molecule has 0 atom stereocenters. The van der Waals surface area contributed by atoms with E-state index >= 15 is 0 Å². The van der Waals surface area contributed by atoms with Crippen molar-refractivity contribution >= 4 is 12.4 Å². The van der Waals surface area contributed by atoms with Gasteiger partial charge in [0.1, 0.15) is 13.1 Å². The first-order chi connectivity index (χ1) is 8.14. The Morgan fingerprint density at radius 1 is 1.00 bits per heavy atom. The van der Waals surface area contributed by atoms with Crippen LogP contribution in [0.3, 0.4) is 0 Å². The number of hydrogen-bond acceptors (Lipinski definition) is 2. The lowest BCUT2D eigenvalue weighted by molar-refractivity contribution is -0.822. The maximum absolute atomic E-state index is 12.2. The molecule has 0 bridgehead atoms. The van der Waals surface area contributed by atoms with Crippen LogP contribution >= 0.6 is 0 Å². The average molecular weight is 239 g/mol. The van der Waals surface area contributed by atoms with Gasteiger partial charge in [-0.1, -0.05) is 0 Å². The number of quaternary nitrogens is 1. The summed E-state index contributed by atoms with van der Waals surface area (Å²) in [5, 5.41) is 0. The van der Waals surface area contributed by atoms with Crippen molar-refractivity contribution in [3.63, 3.8) is 0 Å². The number of rotatable bonds is 1. The number of piperazine rings is 1. The molecule has 0 unspecified atom stereocenters. The zero-order valence-electron chi connectivity index (χ0n) is 10.5. The van der Waals surface area contributed by atoms with Gasteiger partial charge in [-0.2, -0.15) is 0 Å². The number of urea groups is 1. The molecular weight excluding hydrogens is 218 g/mol. The number of nitrogens with zero attached hydrogens (tertiary/aromatic N) is 3. The summed E-state index contributed by atoms with van der Waals surface area (Å²) in [4.78, 5) is 26.8. The van der Waals surface area contributed by atoms with Crippen molar-refractivity contribution in [3.8, 4) is 0 Å². The minimum absolute atomic E-state index is 0.154. The molecular formula is C12H21N3O2+. The van der Waals surface area contributed by atoms with Gasteiger partial charge in [-0.25, -0.2) is 14.1 Å². The molecule has 1 radical (unpaired) electrons. The number of carbonyl (C=O) groups is 1. The van der Waals surface area contributed by atoms with Crippen LogP contribution in [0, 0.1) is 0 Å². The van der Waals surface area contributed by atoms with E-state index in [2.05, 4.69) is 6.41 Å². The highest BCUT2D eigenvalue weighted by Crippen LogP contribution is 2.14. The molecule has 17 heavy (non-hydrogen) atoms. The highest BCUT2D eigenvalue weighted by atomic mass is 16.2. The van der Waals surface area contributed by atoms with E-state index in [1.807, 2.05) is 16.8 Å². The molecule has 2 heterocycles. The molecule has 95 valence electrons. The van der Waals surface area contributed by atoms with Gasteiger partial charge in [0.15, 0.2) is 0 Å². The Labute approximate surface area is 103 Å². The Balaban J connectivity index is 1.87.